The monoisotopic (exact) mass is 350 g/mol. The lowest BCUT2D eigenvalue weighted by Gasteiger charge is -2.16. The number of pyridine rings is 1. The highest BCUT2D eigenvalue weighted by Gasteiger charge is 2.05. The fraction of sp³-hybridized carbons (Fsp3) is 0.250. The molecule has 4 nitrogen and oxygen atoms in total. The maximum absolute atomic E-state index is 4.43. The maximum Gasteiger partial charge on any atom is 0.178 e. The van der Waals surface area contributed by atoms with E-state index in [-0.39, 0.29) is 0 Å². The highest BCUT2D eigenvalue weighted by molar-refractivity contribution is 7.99. The lowest BCUT2D eigenvalue weighted by molar-refractivity contribution is 0.328. The van der Waals surface area contributed by atoms with E-state index in [1.165, 1.54) is 4.90 Å². The van der Waals surface area contributed by atoms with E-state index in [4.69, 9.17) is 0 Å². The second kappa shape index (κ2) is 9.30. The molecule has 0 aliphatic carbocycles. The Hall–Kier alpha value is -2.24. The third-order valence-electron chi connectivity index (χ3n) is 3.75. The number of hydrogen-bond acceptors (Lipinski definition) is 5. The van der Waals surface area contributed by atoms with Gasteiger partial charge < -0.3 is 4.90 Å². The zero-order valence-electron chi connectivity index (χ0n) is 14.4. The molecule has 3 aromatic rings. The van der Waals surface area contributed by atoms with Gasteiger partial charge in [0.1, 0.15) is 5.69 Å². The molecule has 0 aliphatic rings. The predicted molar refractivity (Wildman–Crippen MR) is 103 cm³/mol. The molecular formula is C20H22N4S. The number of benzene rings is 1. The summed E-state index contributed by atoms with van der Waals surface area (Å²) in [5.74, 6) is 1.80. The van der Waals surface area contributed by atoms with Crippen LogP contribution in [-0.4, -0.2) is 39.2 Å². The van der Waals surface area contributed by atoms with Gasteiger partial charge in [-0.15, -0.1) is 11.8 Å². The van der Waals surface area contributed by atoms with Crippen LogP contribution in [0.25, 0.3) is 11.5 Å². The second-order valence-electron chi connectivity index (χ2n) is 5.88. The standard InChI is InChI=1S/C20H22N4S/c1-24(12-7-13-25-18-8-3-2-4-9-18)16-17-14-22-20(23-15-17)19-10-5-6-11-21-19/h2-6,8-11,14-15H,7,12-13,16H2,1H3. The Bertz CT molecular complexity index is 748. The molecule has 128 valence electrons. The Morgan fingerprint density at radius 3 is 2.40 bits per heavy atom. The van der Waals surface area contributed by atoms with Crippen LogP contribution in [0.5, 0.6) is 0 Å². The summed E-state index contributed by atoms with van der Waals surface area (Å²) in [6.07, 6.45) is 6.70. The van der Waals surface area contributed by atoms with Crippen molar-refractivity contribution < 1.29 is 0 Å². The first kappa shape index (κ1) is 17.6. The van der Waals surface area contributed by atoms with Crippen molar-refractivity contribution in [3.63, 3.8) is 0 Å². The van der Waals surface area contributed by atoms with Crippen molar-refractivity contribution in [2.24, 2.45) is 0 Å². The van der Waals surface area contributed by atoms with Gasteiger partial charge >= 0.3 is 0 Å². The number of thioether (sulfide) groups is 1. The van der Waals surface area contributed by atoms with Crippen LogP contribution in [0.2, 0.25) is 0 Å². The topological polar surface area (TPSA) is 41.9 Å². The SMILES string of the molecule is CN(CCCSc1ccccc1)Cc1cnc(-c2ccccn2)nc1. The van der Waals surface area contributed by atoms with Crippen LogP contribution in [0.3, 0.4) is 0 Å². The van der Waals surface area contributed by atoms with E-state index in [0.29, 0.717) is 5.82 Å². The van der Waals surface area contributed by atoms with E-state index in [1.807, 2.05) is 42.4 Å². The van der Waals surface area contributed by atoms with Crippen LogP contribution in [0.4, 0.5) is 0 Å². The minimum atomic E-state index is 0.672. The summed E-state index contributed by atoms with van der Waals surface area (Å²) >= 11 is 1.91. The predicted octanol–water partition coefficient (Wildman–Crippen LogP) is 4.15. The van der Waals surface area contributed by atoms with Crippen molar-refractivity contribution in [2.45, 2.75) is 17.9 Å². The lowest BCUT2D eigenvalue weighted by atomic mass is 10.3. The molecule has 1 aromatic carbocycles. The molecule has 2 heterocycles. The Morgan fingerprint density at radius 2 is 1.68 bits per heavy atom. The molecule has 0 fully saturated rings. The summed E-state index contributed by atoms with van der Waals surface area (Å²) < 4.78 is 0. The molecule has 0 unspecified atom stereocenters. The first-order valence-electron chi connectivity index (χ1n) is 8.40. The van der Waals surface area contributed by atoms with Gasteiger partial charge in [0.2, 0.25) is 0 Å². The Kier molecular flexibility index (Phi) is 6.54. The zero-order valence-corrected chi connectivity index (χ0v) is 15.2. The minimum absolute atomic E-state index is 0.672. The molecule has 3 rings (SSSR count). The highest BCUT2D eigenvalue weighted by atomic mass is 32.2. The first-order valence-corrected chi connectivity index (χ1v) is 9.38. The van der Waals surface area contributed by atoms with Crippen molar-refractivity contribution in [1.29, 1.82) is 0 Å². The summed E-state index contributed by atoms with van der Waals surface area (Å²) in [6.45, 7) is 1.92. The molecular weight excluding hydrogens is 328 g/mol. The van der Waals surface area contributed by atoms with E-state index in [9.17, 15) is 0 Å². The number of hydrogen-bond donors (Lipinski definition) is 0. The molecule has 0 amide bonds. The first-order chi connectivity index (χ1) is 12.3. The smallest absolute Gasteiger partial charge is 0.178 e. The van der Waals surface area contributed by atoms with Crippen LogP contribution >= 0.6 is 11.8 Å². The van der Waals surface area contributed by atoms with E-state index in [2.05, 4.69) is 57.2 Å². The molecule has 0 saturated carbocycles. The van der Waals surface area contributed by atoms with Gasteiger partial charge in [-0.1, -0.05) is 24.3 Å². The summed E-state index contributed by atoms with van der Waals surface area (Å²) in [6, 6.07) is 16.3. The second-order valence-corrected chi connectivity index (χ2v) is 7.05. The van der Waals surface area contributed by atoms with Crippen molar-refractivity contribution in [3.05, 3.63) is 72.7 Å². The minimum Gasteiger partial charge on any atom is -0.302 e. The van der Waals surface area contributed by atoms with Crippen molar-refractivity contribution >= 4 is 11.8 Å². The largest absolute Gasteiger partial charge is 0.302 e. The van der Waals surface area contributed by atoms with Crippen LogP contribution in [0, 0.1) is 0 Å². The fourth-order valence-corrected chi connectivity index (χ4v) is 3.35. The Balaban J connectivity index is 1.42. The number of aromatic nitrogens is 3. The lowest BCUT2D eigenvalue weighted by Crippen LogP contribution is -2.19. The van der Waals surface area contributed by atoms with Crippen LogP contribution < -0.4 is 0 Å². The third-order valence-corrected chi connectivity index (χ3v) is 4.85. The molecule has 0 N–H and O–H groups in total. The number of nitrogens with zero attached hydrogens (tertiary/aromatic N) is 4. The van der Waals surface area contributed by atoms with Crippen molar-refractivity contribution in [3.8, 4) is 11.5 Å². The number of rotatable bonds is 8. The summed E-state index contributed by atoms with van der Waals surface area (Å²) in [7, 11) is 2.14. The van der Waals surface area contributed by atoms with E-state index < -0.39 is 0 Å². The normalized spacial score (nSPS) is 11.0. The van der Waals surface area contributed by atoms with Gasteiger partial charge in [-0.25, -0.2) is 9.97 Å². The Labute approximate surface area is 153 Å². The van der Waals surface area contributed by atoms with Gasteiger partial charge in [-0.3, -0.25) is 4.98 Å². The summed E-state index contributed by atoms with van der Waals surface area (Å²) in [4.78, 5) is 16.8. The van der Waals surface area contributed by atoms with Crippen molar-refractivity contribution in [1.82, 2.24) is 19.9 Å². The molecule has 0 spiro atoms. The quantitative estimate of drug-likeness (QED) is 0.451. The summed E-state index contributed by atoms with van der Waals surface area (Å²) in [5, 5.41) is 0. The molecule has 0 saturated heterocycles. The average Bonchev–Trinajstić information content (AvgIpc) is 2.67. The fourth-order valence-electron chi connectivity index (χ4n) is 2.50. The van der Waals surface area contributed by atoms with Crippen molar-refractivity contribution in [2.75, 3.05) is 19.3 Å². The van der Waals surface area contributed by atoms with E-state index in [1.54, 1.807) is 6.20 Å². The maximum atomic E-state index is 4.43. The van der Waals surface area contributed by atoms with Gasteiger partial charge in [0.25, 0.3) is 0 Å². The molecule has 0 bridgehead atoms. The van der Waals surface area contributed by atoms with Gasteiger partial charge in [-0.05, 0) is 50.0 Å². The van der Waals surface area contributed by atoms with E-state index >= 15 is 0 Å². The van der Waals surface area contributed by atoms with Crippen LogP contribution in [0.15, 0.2) is 72.0 Å². The van der Waals surface area contributed by atoms with Gasteiger partial charge in [0.15, 0.2) is 5.82 Å². The molecule has 0 atom stereocenters. The Morgan fingerprint density at radius 1 is 0.920 bits per heavy atom. The average molecular weight is 350 g/mol. The molecule has 0 aliphatic heterocycles. The van der Waals surface area contributed by atoms with Gasteiger partial charge in [-0.2, -0.15) is 0 Å². The molecule has 25 heavy (non-hydrogen) atoms. The molecule has 0 radical (unpaired) electrons. The molecule has 2 aromatic heterocycles. The van der Waals surface area contributed by atoms with Gasteiger partial charge in [0, 0.05) is 35.6 Å². The molecule has 5 heteroatoms. The van der Waals surface area contributed by atoms with Crippen LogP contribution in [0.1, 0.15) is 12.0 Å². The zero-order chi connectivity index (χ0) is 17.3. The third kappa shape index (κ3) is 5.66. The van der Waals surface area contributed by atoms with Crippen LogP contribution in [-0.2, 0) is 6.54 Å². The highest BCUT2D eigenvalue weighted by Crippen LogP contribution is 2.18. The summed E-state index contributed by atoms with van der Waals surface area (Å²) in [5.41, 5.74) is 1.93. The van der Waals surface area contributed by atoms with E-state index in [0.717, 1.165) is 36.5 Å². The van der Waals surface area contributed by atoms with Gasteiger partial charge in [0.05, 0.1) is 0 Å².